The van der Waals surface area contributed by atoms with Crippen LogP contribution in [0.15, 0.2) is 0 Å². The van der Waals surface area contributed by atoms with E-state index in [-0.39, 0.29) is 11.9 Å². The van der Waals surface area contributed by atoms with Gasteiger partial charge in [-0.1, -0.05) is 40.0 Å². The van der Waals surface area contributed by atoms with Crippen molar-refractivity contribution in [3.63, 3.8) is 0 Å². The summed E-state index contributed by atoms with van der Waals surface area (Å²) < 4.78 is 0. The van der Waals surface area contributed by atoms with Crippen LogP contribution in [0.1, 0.15) is 59.3 Å². The van der Waals surface area contributed by atoms with Gasteiger partial charge in [0, 0.05) is 6.04 Å². The standard InChI is InChI=1S/C13H24N2O/c1-4-7-9-12(8-5-2)15-13(16)11(6-3)10-14/h11-12H,4-9H2,1-3H3,(H,15,16). The minimum atomic E-state index is -0.485. The number of carbonyl (C=O) groups is 1. The summed E-state index contributed by atoms with van der Waals surface area (Å²) in [6, 6.07) is 2.29. The molecule has 1 amide bonds. The smallest absolute Gasteiger partial charge is 0.237 e. The highest BCUT2D eigenvalue weighted by molar-refractivity contribution is 5.81. The number of unbranched alkanes of at least 4 members (excludes halogenated alkanes) is 1. The molecule has 0 aliphatic heterocycles. The van der Waals surface area contributed by atoms with Crippen LogP contribution in [0.5, 0.6) is 0 Å². The molecule has 0 fully saturated rings. The third-order valence-electron chi connectivity index (χ3n) is 2.77. The molecular weight excluding hydrogens is 200 g/mol. The molecule has 2 atom stereocenters. The van der Waals surface area contributed by atoms with Crippen molar-refractivity contribution < 1.29 is 4.79 Å². The third kappa shape index (κ3) is 5.75. The number of nitriles is 1. The van der Waals surface area contributed by atoms with Gasteiger partial charge in [-0.2, -0.15) is 5.26 Å². The van der Waals surface area contributed by atoms with Crippen LogP contribution < -0.4 is 5.32 Å². The number of rotatable bonds is 8. The first-order valence-electron chi connectivity index (χ1n) is 6.39. The van der Waals surface area contributed by atoms with Crippen LogP contribution in [0.2, 0.25) is 0 Å². The molecule has 0 heterocycles. The maximum atomic E-state index is 11.7. The predicted molar refractivity (Wildman–Crippen MR) is 65.8 cm³/mol. The molecule has 0 spiro atoms. The molecular formula is C13H24N2O. The maximum Gasteiger partial charge on any atom is 0.237 e. The van der Waals surface area contributed by atoms with Crippen molar-refractivity contribution in [3.8, 4) is 6.07 Å². The Kier molecular flexibility index (Phi) is 8.61. The fraction of sp³-hybridized carbons (Fsp3) is 0.846. The Morgan fingerprint density at radius 3 is 2.38 bits per heavy atom. The van der Waals surface area contributed by atoms with Crippen LogP contribution in [0.3, 0.4) is 0 Å². The Labute approximate surface area is 99.2 Å². The predicted octanol–water partition coefficient (Wildman–Crippen LogP) is 3.01. The lowest BCUT2D eigenvalue weighted by Crippen LogP contribution is -2.38. The number of hydrogen-bond donors (Lipinski definition) is 1. The molecule has 0 radical (unpaired) electrons. The van der Waals surface area contributed by atoms with E-state index >= 15 is 0 Å². The summed E-state index contributed by atoms with van der Waals surface area (Å²) in [4.78, 5) is 11.7. The maximum absolute atomic E-state index is 11.7. The zero-order valence-corrected chi connectivity index (χ0v) is 10.8. The van der Waals surface area contributed by atoms with E-state index < -0.39 is 5.92 Å². The van der Waals surface area contributed by atoms with E-state index in [1.54, 1.807) is 0 Å². The topological polar surface area (TPSA) is 52.9 Å². The average Bonchev–Trinajstić information content (AvgIpc) is 2.28. The fourth-order valence-corrected chi connectivity index (χ4v) is 1.72. The quantitative estimate of drug-likeness (QED) is 0.689. The monoisotopic (exact) mass is 224 g/mol. The van der Waals surface area contributed by atoms with Crippen molar-refractivity contribution in [2.45, 2.75) is 65.3 Å². The lowest BCUT2D eigenvalue weighted by Gasteiger charge is -2.19. The van der Waals surface area contributed by atoms with Gasteiger partial charge in [-0.05, 0) is 19.3 Å². The van der Waals surface area contributed by atoms with Crippen molar-refractivity contribution in [2.75, 3.05) is 0 Å². The number of amides is 1. The van der Waals surface area contributed by atoms with Crippen molar-refractivity contribution in [3.05, 3.63) is 0 Å². The molecule has 3 heteroatoms. The van der Waals surface area contributed by atoms with E-state index in [9.17, 15) is 4.79 Å². The van der Waals surface area contributed by atoms with Crippen molar-refractivity contribution >= 4 is 5.91 Å². The zero-order valence-electron chi connectivity index (χ0n) is 10.8. The van der Waals surface area contributed by atoms with Gasteiger partial charge in [0.1, 0.15) is 5.92 Å². The molecule has 16 heavy (non-hydrogen) atoms. The summed E-state index contributed by atoms with van der Waals surface area (Å²) in [5.41, 5.74) is 0. The SMILES string of the molecule is CCCCC(CCC)NC(=O)C(C#N)CC. The molecule has 0 aromatic carbocycles. The van der Waals surface area contributed by atoms with Gasteiger partial charge >= 0.3 is 0 Å². The zero-order chi connectivity index (χ0) is 12.4. The molecule has 2 unspecified atom stereocenters. The van der Waals surface area contributed by atoms with Crippen LogP contribution in [-0.2, 0) is 4.79 Å². The van der Waals surface area contributed by atoms with E-state index in [1.165, 1.54) is 0 Å². The van der Waals surface area contributed by atoms with Gasteiger partial charge in [-0.3, -0.25) is 4.79 Å². The largest absolute Gasteiger partial charge is 0.352 e. The van der Waals surface area contributed by atoms with E-state index in [0.717, 1.165) is 32.1 Å². The van der Waals surface area contributed by atoms with Gasteiger partial charge in [-0.25, -0.2) is 0 Å². The lowest BCUT2D eigenvalue weighted by atomic mass is 10.0. The van der Waals surface area contributed by atoms with Crippen molar-refractivity contribution in [1.82, 2.24) is 5.32 Å². The summed E-state index contributed by atoms with van der Waals surface area (Å²) in [5.74, 6) is -0.583. The number of carbonyl (C=O) groups excluding carboxylic acids is 1. The van der Waals surface area contributed by atoms with Gasteiger partial charge < -0.3 is 5.32 Å². The van der Waals surface area contributed by atoms with Gasteiger partial charge in [0.05, 0.1) is 6.07 Å². The first kappa shape index (κ1) is 15.0. The van der Waals surface area contributed by atoms with Crippen molar-refractivity contribution in [1.29, 1.82) is 5.26 Å². The summed E-state index contributed by atoms with van der Waals surface area (Å²) in [5, 5.41) is 11.8. The Morgan fingerprint density at radius 1 is 1.25 bits per heavy atom. The molecule has 1 N–H and O–H groups in total. The van der Waals surface area contributed by atoms with Gasteiger partial charge in [0.15, 0.2) is 0 Å². The van der Waals surface area contributed by atoms with Crippen molar-refractivity contribution in [2.24, 2.45) is 5.92 Å². The Hall–Kier alpha value is -1.04. The van der Waals surface area contributed by atoms with Gasteiger partial charge in [0.25, 0.3) is 0 Å². The molecule has 0 aromatic heterocycles. The third-order valence-corrected chi connectivity index (χ3v) is 2.77. The minimum absolute atomic E-state index is 0.0976. The highest BCUT2D eigenvalue weighted by Gasteiger charge is 2.18. The molecule has 0 aliphatic carbocycles. The molecule has 0 bridgehead atoms. The van der Waals surface area contributed by atoms with Crippen LogP contribution in [0.25, 0.3) is 0 Å². The molecule has 0 rings (SSSR count). The van der Waals surface area contributed by atoms with E-state index in [1.807, 2.05) is 13.0 Å². The summed E-state index contributed by atoms with van der Waals surface area (Å²) >= 11 is 0. The second kappa shape index (κ2) is 9.21. The highest BCUT2D eigenvalue weighted by atomic mass is 16.1. The summed E-state index contributed by atoms with van der Waals surface area (Å²) in [7, 11) is 0. The number of hydrogen-bond acceptors (Lipinski definition) is 2. The van der Waals surface area contributed by atoms with Crippen LogP contribution in [-0.4, -0.2) is 11.9 Å². The van der Waals surface area contributed by atoms with Crippen LogP contribution >= 0.6 is 0 Å². The molecule has 0 saturated carbocycles. The Morgan fingerprint density at radius 2 is 1.94 bits per heavy atom. The highest BCUT2D eigenvalue weighted by Crippen LogP contribution is 2.09. The second-order valence-electron chi connectivity index (χ2n) is 4.23. The van der Waals surface area contributed by atoms with Crippen LogP contribution in [0.4, 0.5) is 0 Å². The summed E-state index contributed by atoms with van der Waals surface area (Å²) in [6.45, 7) is 6.13. The molecule has 0 aromatic rings. The molecule has 0 aliphatic rings. The average molecular weight is 224 g/mol. The second-order valence-corrected chi connectivity index (χ2v) is 4.23. The van der Waals surface area contributed by atoms with Gasteiger partial charge in [-0.15, -0.1) is 0 Å². The molecule has 3 nitrogen and oxygen atoms in total. The molecule has 0 saturated heterocycles. The first-order chi connectivity index (χ1) is 7.69. The minimum Gasteiger partial charge on any atom is -0.352 e. The Bertz CT molecular complexity index is 233. The van der Waals surface area contributed by atoms with Crippen LogP contribution in [0, 0.1) is 17.2 Å². The van der Waals surface area contributed by atoms with E-state index in [2.05, 4.69) is 19.2 Å². The fourth-order valence-electron chi connectivity index (χ4n) is 1.72. The number of nitrogens with zero attached hydrogens (tertiary/aromatic N) is 1. The van der Waals surface area contributed by atoms with Gasteiger partial charge in [0.2, 0.25) is 5.91 Å². The summed E-state index contributed by atoms with van der Waals surface area (Å²) in [6.07, 6.45) is 5.97. The Balaban J connectivity index is 4.16. The van der Waals surface area contributed by atoms with E-state index in [0.29, 0.717) is 6.42 Å². The molecule has 92 valence electrons. The number of nitrogens with one attached hydrogen (secondary N) is 1. The first-order valence-corrected chi connectivity index (χ1v) is 6.39. The normalized spacial score (nSPS) is 13.9. The lowest BCUT2D eigenvalue weighted by molar-refractivity contribution is -0.124. The van der Waals surface area contributed by atoms with E-state index in [4.69, 9.17) is 5.26 Å².